The van der Waals surface area contributed by atoms with Crippen LogP contribution in [0.1, 0.15) is 141 Å². The summed E-state index contributed by atoms with van der Waals surface area (Å²) in [6.07, 6.45) is 10.9. The Morgan fingerprint density at radius 2 is 0.967 bits per heavy atom. The standard InChI is InChI=1S/C52H66N4O4/c1-9-13-27-55(28-14-10-2)35-21-17-33(18-22-35)43-47(57)37(48(43)58)31-41-51(5,6)39-25-26-40-45(46(39)54-41)52(7,8)42(53-40)32-38-49(59)44(50(38)60)34-19-23-36(24-20-34)56(29-15-11-3)30-16-12-4/h17-26,31-32,43-44,47,49,57,59H,9-16,27-30H2,1-8H3/b37-31+,38-32+. The fourth-order valence-corrected chi connectivity index (χ4v) is 9.43. The van der Waals surface area contributed by atoms with Gasteiger partial charge in [-0.05, 0) is 98.7 Å². The van der Waals surface area contributed by atoms with Crippen molar-refractivity contribution in [3.8, 4) is 0 Å². The number of aliphatic imine (C=N–C) groups is 2. The molecule has 4 aliphatic rings. The van der Waals surface area contributed by atoms with E-state index in [-0.39, 0.29) is 11.6 Å². The third kappa shape index (κ3) is 7.86. The summed E-state index contributed by atoms with van der Waals surface area (Å²) in [5.41, 5.74) is 8.66. The molecule has 0 radical (unpaired) electrons. The largest absolute Gasteiger partial charge is 0.387 e. The molecule has 0 saturated heterocycles. The molecule has 2 N–H and O–H groups in total. The van der Waals surface area contributed by atoms with Gasteiger partial charge in [0.15, 0.2) is 11.6 Å². The number of rotatable bonds is 18. The Hall–Kier alpha value is -4.66. The van der Waals surface area contributed by atoms with Crippen molar-refractivity contribution in [2.24, 2.45) is 9.98 Å². The molecule has 3 aromatic rings. The third-order valence-corrected chi connectivity index (χ3v) is 13.6. The summed E-state index contributed by atoms with van der Waals surface area (Å²) in [5, 5.41) is 22.8. The predicted octanol–water partition coefficient (Wildman–Crippen LogP) is 10.5. The smallest absolute Gasteiger partial charge is 0.171 e. The first-order valence-electron chi connectivity index (χ1n) is 22.7. The Bertz CT molecular complexity index is 2190. The number of benzene rings is 3. The van der Waals surface area contributed by atoms with E-state index in [4.69, 9.17) is 9.98 Å². The van der Waals surface area contributed by atoms with E-state index < -0.39 is 34.9 Å². The Kier molecular flexibility index (Phi) is 12.8. The molecule has 2 saturated carbocycles. The predicted molar refractivity (Wildman–Crippen MR) is 247 cm³/mol. The third-order valence-electron chi connectivity index (χ3n) is 13.6. The van der Waals surface area contributed by atoms with Gasteiger partial charge in [-0.2, -0.15) is 0 Å². The molecule has 4 unspecified atom stereocenters. The second kappa shape index (κ2) is 17.7. The number of aliphatic hydroxyl groups is 2. The minimum absolute atomic E-state index is 0.0692. The average molecular weight is 811 g/mol. The highest BCUT2D eigenvalue weighted by Gasteiger charge is 2.49. The summed E-state index contributed by atoms with van der Waals surface area (Å²) in [5.74, 6) is -1.33. The van der Waals surface area contributed by atoms with Gasteiger partial charge in [-0.15, -0.1) is 0 Å². The van der Waals surface area contributed by atoms with Crippen molar-refractivity contribution in [3.05, 3.63) is 106 Å². The second-order valence-electron chi connectivity index (χ2n) is 18.4. The van der Waals surface area contributed by atoms with E-state index in [1.165, 1.54) is 0 Å². The SMILES string of the molecule is CCCCN(CCCC)c1ccc(C2C(=O)/C(=C/C3=Nc4c(ccc5c4C(C)(C)C(/C=C4/C(=O)C(c6ccc(N(CCCC)CCCC)cc6)C4O)=N5)C3(C)C)C2O)cc1. The number of allylic oxidation sites excluding steroid dienone is 2. The number of hydrogen-bond acceptors (Lipinski definition) is 8. The zero-order chi connectivity index (χ0) is 42.9. The molecule has 0 spiro atoms. The van der Waals surface area contributed by atoms with Crippen molar-refractivity contribution < 1.29 is 19.8 Å². The Labute approximate surface area is 358 Å². The number of Topliss-reactive ketones (excluding diaryl/α,β-unsaturated/α-hetero) is 2. The van der Waals surface area contributed by atoms with Gasteiger partial charge in [0.25, 0.3) is 0 Å². The van der Waals surface area contributed by atoms with Crippen molar-refractivity contribution in [2.45, 2.75) is 142 Å². The van der Waals surface area contributed by atoms with Crippen molar-refractivity contribution in [1.82, 2.24) is 0 Å². The van der Waals surface area contributed by atoms with Crippen LogP contribution >= 0.6 is 0 Å². The van der Waals surface area contributed by atoms with Crippen LogP contribution in [0.3, 0.4) is 0 Å². The lowest BCUT2D eigenvalue weighted by Gasteiger charge is -2.35. The molecule has 60 heavy (non-hydrogen) atoms. The van der Waals surface area contributed by atoms with E-state index >= 15 is 0 Å². The minimum atomic E-state index is -0.915. The maximum absolute atomic E-state index is 13.7. The minimum Gasteiger partial charge on any atom is -0.387 e. The number of hydrogen-bond donors (Lipinski definition) is 2. The maximum Gasteiger partial charge on any atom is 0.171 e. The molecule has 0 amide bonds. The number of nitrogens with zero attached hydrogens (tertiary/aromatic N) is 4. The average Bonchev–Trinajstić information content (AvgIpc) is 3.66. The fraction of sp³-hybridized carbons (Fsp3) is 0.500. The van der Waals surface area contributed by atoms with Crippen molar-refractivity contribution in [2.75, 3.05) is 36.0 Å². The van der Waals surface area contributed by atoms with Crippen LogP contribution < -0.4 is 9.80 Å². The zero-order valence-electron chi connectivity index (χ0n) is 37.2. The van der Waals surface area contributed by atoms with Crippen LogP contribution in [-0.4, -0.2) is 71.6 Å². The number of carbonyl (C=O) groups excluding carboxylic acids is 2. The highest BCUT2D eigenvalue weighted by atomic mass is 16.3. The summed E-state index contributed by atoms with van der Waals surface area (Å²) in [4.78, 5) is 42.5. The second-order valence-corrected chi connectivity index (χ2v) is 18.4. The van der Waals surface area contributed by atoms with Gasteiger partial charge in [0.2, 0.25) is 0 Å². The molecule has 7 rings (SSSR count). The molecule has 8 heteroatoms. The van der Waals surface area contributed by atoms with E-state index in [1.54, 1.807) is 12.2 Å². The lowest BCUT2D eigenvalue weighted by molar-refractivity contribution is -0.126. The first-order chi connectivity index (χ1) is 28.8. The van der Waals surface area contributed by atoms with Crippen LogP contribution in [0.5, 0.6) is 0 Å². The molecule has 2 aliphatic carbocycles. The number of anilines is 2. The molecule has 0 aromatic heterocycles. The van der Waals surface area contributed by atoms with Gasteiger partial charge in [0.1, 0.15) is 0 Å². The van der Waals surface area contributed by atoms with Gasteiger partial charge >= 0.3 is 0 Å². The molecule has 8 nitrogen and oxygen atoms in total. The first-order valence-corrected chi connectivity index (χ1v) is 22.7. The molecule has 2 fully saturated rings. The Morgan fingerprint density at radius 1 is 0.567 bits per heavy atom. The maximum atomic E-state index is 13.7. The van der Waals surface area contributed by atoms with E-state index in [0.29, 0.717) is 16.9 Å². The quantitative estimate of drug-likeness (QED) is 0.124. The van der Waals surface area contributed by atoms with Crippen molar-refractivity contribution in [3.63, 3.8) is 0 Å². The summed E-state index contributed by atoms with van der Waals surface area (Å²) in [6.45, 7) is 21.3. The number of unbranched alkanes of at least 4 members (excludes halogenated alkanes) is 4. The van der Waals surface area contributed by atoms with Gasteiger partial charge in [-0.3, -0.25) is 19.6 Å². The van der Waals surface area contributed by atoms with Gasteiger partial charge < -0.3 is 20.0 Å². The van der Waals surface area contributed by atoms with Crippen LogP contribution in [0.15, 0.2) is 93.9 Å². The van der Waals surface area contributed by atoms with Crippen LogP contribution in [0.4, 0.5) is 22.7 Å². The molecule has 4 atom stereocenters. The van der Waals surface area contributed by atoms with Crippen LogP contribution in [0.2, 0.25) is 0 Å². The van der Waals surface area contributed by atoms with E-state index in [0.717, 1.165) is 128 Å². The van der Waals surface area contributed by atoms with E-state index in [9.17, 15) is 19.8 Å². The van der Waals surface area contributed by atoms with E-state index in [1.807, 2.05) is 30.3 Å². The van der Waals surface area contributed by atoms with Gasteiger partial charge in [0, 0.05) is 65.1 Å². The molecule has 2 aliphatic heterocycles. The molecule has 2 heterocycles. The van der Waals surface area contributed by atoms with Gasteiger partial charge in [0.05, 0.1) is 46.8 Å². The summed E-state index contributed by atoms with van der Waals surface area (Å²) in [7, 11) is 0. The van der Waals surface area contributed by atoms with Gasteiger partial charge in [-0.1, -0.05) is 97.6 Å². The number of fused-ring (bicyclic) bond motifs is 3. The molecular weight excluding hydrogens is 745 g/mol. The monoisotopic (exact) mass is 811 g/mol. The zero-order valence-corrected chi connectivity index (χ0v) is 37.2. The molecule has 0 bridgehead atoms. The molecule has 318 valence electrons. The number of carbonyl (C=O) groups is 2. The Morgan fingerprint density at radius 3 is 1.35 bits per heavy atom. The van der Waals surface area contributed by atoms with Crippen molar-refractivity contribution in [1.29, 1.82) is 0 Å². The lowest BCUT2D eigenvalue weighted by Crippen LogP contribution is -2.44. The molecular formula is C52H66N4O4. The normalized spacial score (nSPS) is 23.6. The van der Waals surface area contributed by atoms with Crippen LogP contribution in [-0.2, 0) is 20.4 Å². The Balaban J connectivity index is 1.07. The summed E-state index contributed by atoms with van der Waals surface area (Å²) >= 11 is 0. The topological polar surface area (TPSA) is 106 Å². The van der Waals surface area contributed by atoms with Crippen LogP contribution in [0.25, 0.3) is 0 Å². The highest BCUT2D eigenvalue weighted by Crippen LogP contribution is 2.54. The lowest BCUT2D eigenvalue weighted by atomic mass is 9.69. The fourth-order valence-electron chi connectivity index (χ4n) is 9.43. The summed E-state index contributed by atoms with van der Waals surface area (Å²) < 4.78 is 0. The van der Waals surface area contributed by atoms with Gasteiger partial charge in [-0.25, -0.2) is 0 Å². The number of ketones is 2. The first kappa shape index (κ1) is 43.4. The van der Waals surface area contributed by atoms with Crippen LogP contribution in [0, 0.1) is 0 Å². The number of aliphatic hydroxyl groups excluding tert-OH is 2. The van der Waals surface area contributed by atoms with E-state index in [2.05, 4.69) is 95.5 Å². The molecule has 3 aromatic carbocycles. The van der Waals surface area contributed by atoms with Crippen molar-refractivity contribution >= 4 is 45.7 Å². The summed E-state index contributed by atoms with van der Waals surface area (Å²) in [6, 6.07) is 20.4. The highest BCUT2D eigenvalue weighted by molar-refractivity contribution is 6.20.